The van der Waals surface area contributed by atoms with E-state index >= 15 is 0 Å². The van der Waals surface area contributed by atoms with Gasteiger partial charge in [0.25, 0.3) is 0 Å². The predicted octanol–water partition coefficient (Wildman–Crippen LogP) is 12.2. The van der Waals surface area contributed by atoms with Gasteiger partial charge < -0.3 is 13.6 Å². The number of anilines is 4. The minimum Gasteiger partial charge on any atom is -0.431 e. The van der Waals surface area contributed by atoms with Gasteiger partial charge in [0, 0.05) is 12.4 Å². The monoisotopic (exact) mass is 815 g/mol. The highest BCUT2D eigenvalue weighted by Crippen LogP contribution is 2.86. The molecule has 7 aromatic rings. The van der Waals surface area contributed by atoms with Crippen LogP contribution < -0.4 is 38.8 Å². The number of nitrogens with zero attached hydrogens (tertiary/aromatic N) is 7. The van der Waals surface area contributed by atoms with Crippen molar-refractivity contribution in [3.05, 3.63) is 182 Å². The van der Waals surface area contributed by atoms with E-state index in [1.807, 2.05) is 125 Å². The maximum atomic E-state index is 7.81. The summed E-state index contributed by atoms with van der Waals surface area (Å²) in [4.78, 5) is 9.52. The van der Waals surface area contributed by atoms with Crippen molar-refractivity contribution < 1.29 is 13.6 Å². The molecule has 270 valence electrons. The fourth-order valence-electron chi connectivity index (χ4n) is 6.69. The summed E-state index contributed by atoms with van der Waals surface area (Å²) in [5, 5.41) is 3.51. The van der Waals surface area contributed by atoms with E-state index in [9.17, 15) is 0 Å². The molecule has 0 aliphatic carbocycles. The van der Waals surface area contributed by atoms with Crippen LogP contribution in [0.3, 0.4) is 0 Å². The molecule has 0 saturated heterocycles. The Morgan fingerprint density at radius 1 is 0.491 bits per heavy atom. The standard InChI is InChI=1S/C40H30ClN7O3P4/c41-53(49-31-16-15-21-34(30-31)52(32-17-3-1-4-18-32)33-19-5-2-6-20-33)44-54(47(39-26-11-13-28-42-39)35-22-7-9-24-37(35)50-54)46-55(45-53)48(40-27-12-14-29-43-40)36-23-8-10-25-38(36)51-55/h1-30H. The highest BCUT2D eigenvalue weighted by Gasteiger charge is 2.55. The molecule has 3 unspecified atom stereocenters. The number of aromatic nitrogens is 2. The molecule has 5 heterocycles. The summed E-state index contributed by atoms with van der Waals surface area (Å²) in [6.07, 6.45) is 3.47. The Kier molecular flexibility index (Phi) is 8.63. The second-order valence-electron chi connectivity index (χ2n) is 12.5. The van der Waals surface area contributed by atoms with Crippen LogP contribution in [0.15, 0.2) is 196 Å². The summed E-state index contributed by atoms with van der Waals surface area (Å²) in [5.41, 5.74) is 1.51. The molecule has 0 amide bonds. The molecule has 0 bridgehead atoms. The van der Waals surface area contributed by atoms with Crippen molar-refractivity contribution in [1.29, 1.82) is 0 Å². The van der Waals surface area contributed by atoms with E-state index in [1.165, 1.54) is 10.6 Å². The maximum Gasteiger partial charge on any atom is 0.370 e. The number of benzene rings is 5. The van der Waals surface area contributed by atoms with Crippen molar-refractivity contribution in [3.8, 4) is 17.2 Å². The minimum atomic E-state index is -3.74. The van der Waals surface area contributed by atoms with Crippen molar-refractivity contribution in [1.82, 2.24) is 9.97 Å². The van der Waals surface area contributed by atoms with E-state index in [4.69, 9.17) is 48.3 Å². The van der Waals surface area contributed by atoms with Gasteiger partial charge in [-0.3, -0.25) is 0 Å². The average molecular weight is 816 g/mol. The van der Waals surface area contributed by atoms with Gasteiger partial charge in [0.1, 0.15) is 17.4 Å². The third-order valence-electron chi connectivity index (χ3n) is 8.90. The molecular formula is C40H30ClN7O3P4. The Labute approximate surface area is 324 Å². The van der Waals surface area contributed by atoms with Gasteiger partial charge in [0.15, 0.2) is 11.5 Å². The van der Waals surface area contributed by atoms with Crippen molar-refractivity contribution in [2.75, 3.05) is 9.34 Å². The average Bonchev–Trinajstić information content (AvgIpc) is 3.69. The van der Waals surface area contributed by atoms with Gasteiger partial charge >= 0.3 is 22.0 Å². The summed E-state index contributed by atoms with van der Waals surface area (Å²) < 4.78 is 40.9. The SMILES string of the molecule is ClP1(Oc2cccc(P(c3ccccc3)c3ccccc3)c2)=NP2(=NP3(=N1)Oc1ccccc1N3c1ccccn1)Oc1ccccc1N2c1ccccn1. The van der Waals surface area contributed by atoms with Gasteiger partial charge in [-0.15, -0.1) is 13.5 Å². The minimum absolute atomic E-state index is 0.521. The molecule has 2 spiro atoms. The Hall–Kier alpha value is -5.19. The topological polar surface area (TPSA) is 97.0 Å². The van der Waals surface area contributed by atoms with Crippen LogP contribution in [0.1, 0.15) is 0 Å². The van der Waals surface area contributed by atoms with Gasteiger partial charge in [-0.25, -0.2) is 19.3 Å². The molecule has 3 atom stereocenters. The van der Waals surface area contributed by atoms with Gasteiger partial charge in [0.05, 0.1) is 11.4 Å². The molecule has 0 radical (unpaired) electrons. The summed E-state index contributed by atoms with van der Waals surface area (Å²) in [6, 6.07) is 55.9. The molecule has 10 rings (SSSR count). The Balaban J connectivity index is 1.20. The van der Waals surface area contributed by atoms with Gasteiger partial charge in [0.2, 0.25) is 0 Å². The first kappa shape index (κ1) is 34.3. The zero-order valence-electron chi connectivity index (χ0n) is 28.8. The Morgan fingerprint density at radius 3 is 1.53 bits per heavy atom. The lowest BCUT2D eigenvalue weighted by atomic mass is 10.3. The molecule has 0 fully saturated rings. The van der Waals surface area contributed by atoms with Crippen LogP contribution in [-0.2, 0) is 0 Å². The van der Waals surface area contributed by atoms with Crippen LogP contribution >= 0.6 is 41.1 Å². The van der Waals surface area contributed by atoms with Crippen molar-refractivity contribution >= 4 is 80.0 Å². The van der Waals surface area contributed by atoms with Gasteiger partial charge in [-0.1, -0.05) is 109 Å². The molecule has 3 aliphatic rings. The van der Waals surface area contributed by atoms with Crippen LogP contribution in [-0.4, -0.2) is 9.97 Å². The van der Waals surface area contributed by atoms with E-state index in [-0.39, 0.29) is 0 Å². The van der Waals surface area contributed by atoms with Gasteiger partial charge in [-0.05, 0) is 95.7 Å². The number of halogens is 1. The normalized spacial score (nSPS) is 21.9. The first-order valence-corrected chi connectivity index (χ1v) is 24.3. The van der Waals surface area contributed by atoms with E-state index < -0.39 is 29.9 Å². The molecule has 0 N–H and O–H groups in total. The zero-order valence-corrected chi connectivity index (χ0v) is 33.2. The smallest absolute Gasteiger partial charge is 0.370 e. The summed E-state index contributed by atoms with van der Waals surface area (Å²) in [6.45, 7) is -3.74. The van der Waals surface area contributed by atoms with E-state index in [0.717, 1.165) is 16.7 Å². The lowest BCUT2D eigenvalue weighted by Gasteiger charge is -2.34. The number of para-hydroxylation sites is 4. The van der Waals surface area contributed by atoms with Crippen LogP contribution in [0.2, 0.25) is 0 Å². The molecular weight excluding hydrogens is 786 g/mol. The zero-order chi connectivity index (χ0) is 36.9. The van der Waals surface area contributed by atoms with E-state index in [2.05, 4.69) is 54.6 Å². The molecule has 15 heteroatoms. The quantitative estimate of drug-likeness (QED) is 0.148. The number of fused-ring (bicyclic) bond motifs is 2. The predicted molar refractivity (Wildman–Crippen MR) is 227 cm³/mol. The highest BCUT2D eigenvalue weighted by atomic mass is 35.7. The summed E-state index contributed by atoms with van der Waals surface area (Å²) in [7, 11) is -8.05. The second-order valence-corrected chi connectivity index (χ2v) is 22.5. The first-order chi connectivity index (χ1) is 27.0. The Morgan fingerprint density at radius 2 is 0.982 bits per heavy atom. The Bertz CT molecular complexity index is 2590. The van der Waals surface area contributed by atoms with Gasteiger partial charge in [-0.2, -0.15) is 0 Å². The van der Waals surface area contributed by atoms with Crippen molar-refractivity contribution in [2.24, 2.45) is 13.5 Å². The number of rotatable bonds is 7. The second kappa shape index (κ2) is 13.8. The third kappa shape index (κ3) is 6.16. The number of hydrogen-bond donors (Lipinski definition) is 0. The molecule has 2 aromatic heterocycles. The van der Waals surface area contributed by atoms with E-state index in [1.54, 1.807) is 12.4 Å². The molecule has 3 aliphatic heterocycles. The van der Waals surface area contributed by atoms with Crippen molar-refractivity contribution in [3.63, 3.8) is 0 Å². The summed E-state index contributed by atoms with van der Waals surface area (Å²) in [5.74, 6) is 2.90. The molecule has 55 heavy (non-hydrogen) atoms. The van der Waals surface area contributed by atoms with Crippen LogP contribution in [0.4, 0.5) is 23.0 Å². The molecule has 10 nitrogen and oxygen atoms in total. The van der Waals surface area contributed by atoms with Crippen molar-refractivity contribution in [2.45, 2.75) is 0 Å². The molecule has 0 saturated carbocycles. The lowest BCUT2D eigenvalue weighted by molar-refractivity contribution is 0.599. The summed E-state index contributed by atoms with van der Waals surface area (Å²) >= 11 is 7.81. The van der Waals surface area contributed by atoms with E-state index in [0.29, 0.717) is 28.9 Å². The van der Waals surface area contributed by atoms with Crippen LogP contribution in [0.25, 0.3) is 0 Å². The highest BCUT2D eigenvalue weighted by molar-refractivity contribution is 7.96. The molecule has 5 aromatic carbocycles. The lowest BCUT2D eigenvalue weighted by Crippen LogP contribution is -2.20. The first-order valence-electron chi connectivity index (χ1n) is 17.3. The van der Waals surface area contributed by atoms with Crippen LogP contribution in [0, 0.1) is 0 Å². The fourth-order valence-corrected chi connectivity index (χ4v) is 21.0. The third-order valence-corrected chi connectivity index (χ3v) is 21.4. The number of pyridine rings is 2. The largest absolute Gasteiger partial charge is 0.431 e. The maximum absolute atomic E-state index is 7.81. The number of hydrogen-bond acceptors (Lipinski definition) is 10. The fraction of sp³-hybridized carbons (Fsp3) is 0. The van der Waals surface area contributed by atoms with Crippen LogP contribution in [0.5, 0.6) is 17.2 Å².